The van der Waals surface area contributed by atoms with Crippen LogP contribution in [-0.2, 0) is 4.74 Å². The summed E-state index contributed by atoms with van der Waals surface area (Å²) in [6, 6.07) is 6.50. The van der Waals surface area contributed by atoms with Crippen molar-refractivity contribution in [1.82, 2.24) is 19.9 Å². The van der Waals surface area contributed by atoms with Gasteiger partial charge in [0.1, 0.15) is 49.4 Å². The van der Waals surface area contributed by atoms with Crippen LogP contribution in [0.15, 0.2) is 30.5 Å². The van der Waals surface area contributed by atoms with E-state index in [9.17, 15) is 4.39 Å². The number of ether oxygens (including phenoxy) is 3. The number of fused-ring (bicyclic) bond motifs is 3. The van der Waals surface area contributed by atoms with Gasteiger partial charge in [0, 0.05) is 42.8 Å². The maximum atomic E-state index is 17.3. The predicted molar refractivity (Wildman–Crippen MR) is 210 cm³/mol. The molecule has 0 bridgehead atoms. The lowest BCUT2D eigenvalue weighted by atomic mass is 9.95. The van der Waals surface area contributed by atoms with E-state index < -0.39 is 31.4 Å². The molecule has 3 fully saturated rings. The Bertz CT molecular complexity index is 2110. The number of nitrogens with zero attached hydrogens (tertiary/aromatic N) is 4. The maximum absolute atomic E-state index is 17.3. The fourth-order valence-electron chi connectivity index (χ4n) is 9.17. The zero-order valence-electron chi connectivity index (χ0n) is 32.7. The Balaban J connectivity index is 1.41. The molecule has 8 nitrogen and oxygen atoms in total. The van der Waals surface area contributed by atoms with E-state index in [-0.39, 0.29) is 41.7 Å². The SMILES string of the molecule is COCOc1cc(-c2ncc3c(NC4(C)CC4)nc(OC[C@@]45CCCN4C[C@H](F)C5)nc3c2F)c2c(C#C[Si](C(C)C)(C(C)C)C(C)C)c(F)ccc2c1. The highest BCUT2D eigenvalue weighted by Crippen LogP contribution is 2.44. The van der Waals surface area contributed by atoms with Crippen molar-refractivity contribution in [3.05, 3.63) is 47.7 Å². The third kappa shape index (κ3) is 6.92. The molecule has 288 valence electrons. The predicted octanol–water partition coefficient (Wildman–Crippen LogP) is 9.59. The van der Waals surface area contributed by atoms with Crippen LogP contribution in [0.4, 0.5) is 19.0 Å². The van der Waals surface area contributed by atoms with E-state index in [0.29, 0.717) is 62.9 Å². The van der Waals surface area contributed by atoms with Crippen molar-refractivity contribution < 1.29 is 27.4 Å². The van der Waals surface area contributed by atoms with Gasteiger partial charge < -0.3 is 19.5 Å². The van der Waals surface area contributed by atoms with Crippen LogP contribution < -0.4 is 14.8 Å². The molecule has 1 saturated carbocycles. The molecule has 0 amide bonds. The van der Waals surface area contributed by atoms with Crippen molar-refractivity contribution in [2.45, 2.75) is 114 Å². The van der Waals surface area contributed by atoms with Gasteiger partial charge in [-0.15, -0.1) is 5.54 Å². The third-order valence-corrected chi connectivity index (χ3v) is 18.5. The zero-order chi connectivity index (χ0) is 38.6. The van der Waals surface area contributed by atoms with Crippen LogP contribution in [-0.4, -0.2) is 78.8 Å². The topological polar surface area (TPSA) is 81.6 Å². The van der Waals surface area contributed by atoms with Gasteiger partial charge in [-0.1, -0.05) is 53.5 Å². The second kappa shape index (κ2) is 14.6. The van der Waals surface area contributed by atoms with Gasteiger partial charge in [-0.3, -0.25) is 9.88 Å². The van der Waals surface area contributed by atoms with Gasteiger partial charge in [-0.05, 0) is 79.4 Å². The van der Waals surface area contributed by atoms with E-state index >= 15 is 8.78 Å². The van der Waals surface area contributed by atoms with Gasteiger partial charge in [0.25, 0.3) is 0 Å². The van der Waals surface area contributed by atoms with E-state index in [4.69, 9.17) is 19.2 Å². The highest BCUT2D eigenvalue weighted by Gasteiger charge is 2.49. The van der Waals surface area contributed by atoms with Crippen LogP contribution in [0, 0.1) is 23.1 Å². The molecule has 3 aliphatic rings. The summed E-state index contributed by atoms with van der Waals surface area (Å²) in [6.45, 7) is 16.7. The number of aromatic nitrogens is 3. The van der Waals surface area contributed by atoms with E-state index in [1.807, 2.05) is 0 Å². The van der Waals surface area contributed by atoms with E-state index in [1.165, 1.54) is 13.2 Å². The number of pyridine rings is 1. The maximum Gasteiger partial charge on any atom is 0.319 e. The molecule has 0 spiro atoms. The Morgan fingerprint density at radius 1 is 1.02 bits per heavy atom. The molecule has 1 N–H and O–H groups in total. The van der Waals surface area contributed by atoms with Crippen LogP contribution >= 0.6 is 0 Å². The lowest BCUT2D eigenvalue weighted by Gasteiger charge is -2.38. The Labute approximate surface area is 317 Å². The van der Waals surface area contributed by atoms with E-state index in [1.54, 1.807) is 24.4 Å². The van der Waals surface area contributed by atoms with Crippen molar-refractivity contribution >= 4 is 35.6 Å². The third-order valence-electron chi connectivity index (χ3n) is 12.2. The quantitative estimate of drug-likeness (QED) is 0.0870. The summed E-state index contributed by atoms with van der Waals surface area (Å²) >= 11 is 0. The molecule has 0 radical (unpaired) electrons. The largest absolute Gasteiger partial charge is 0.468 e. The molecule has 4 aromatic rings. The number of halogens is 3. The Morgan fingerprint density at radius 3 is 2.44 bits per heavy atom. The average Bonchev–Trinajstić information content (AvgIpc) is 3.58. The minimum atomic E-state index is -2.27. The molecule has 12 heteroatoms. The van der Waals surface area contributed by atoms with Crippen molar-refractivity contribution in [3.63, 3.8) is 0 Å². The Morgan fingerprint density at radius 2 is 1.76 bits per heavy atom. The van der Waals surface area contributed by atoms with Gasteiger partial charge in [0.2, 0.25) is 0 Å². The number of rotatable bonds is 12. The van der Waals surface area contributed by atoms with E-state index in [2.05, 4.69) is 80.1 Å². The highest BCUT2D eigenvalue weighted by atomic mass is 28.3. The number of benzene rings is 2. The number of hydrogen-bond acceptors (Lipinski definition) is 8. The lowest BCUT2D eigenvalue weighted by molar-refractivity contribution is 0.0512. The molecule has 2 aromatic carbocycles. The first-order chi connectivity index (χ1) is 25.7. The smallest absolute Gasteiger partial charge is 0.319 e. The normalized spacial score (nSPS) is 20.9. The van der Waals surface area contributed by atoms with Crippen molar-refractivity contribution in [3.8, 4) is 34.5 Å². The molecule has 7 rings (SSSR count). The Hall–Kier alpha value is -3.92. The summed E-state index contributed by atoms with van der Waals surface area (Å²) in [5.41, 5.74) is 4.51. The molecule has 2 aromatic heterocycles. The van der Waals surface area contributed by atoms with Gasteiger partial charge in [-0.25, -0.2) is 13.2 Å². The molecule has 4 heterocycles. The molecular weight excluding hydrogens is 708 g/mol. The van der Waals surface area contributed by atoms with Gasteiger partial charge in [-0.2, -0.15) is 9.97 Å². The number of hydrogen-bond donors (Lipinski definition) is 1. The molecular formula is C42H52F3N5O3Si. The second-order valence-corrected chi connectivity index (χ2v) is 22.4. The summed E-state index contributed by atoms with van der Waals surface area (Å²) in [6.07, 6.45) is 4.68. The summed E-state index contributed by atoms with van der Waals surface area (Å²) in [5, 5.41) is 4.93. The first kappa shape index (κ1) is 38.4. The standard InChI is InChI=1S/C42H52F3N5O3Si/c1-25(2)54(26(3)4,27(5)6)17-12-31-34(44)11-10-28-18-30(53-24-51-8)19-32(35(28)31)37-36(45)38-33(21-46-37)39(49-41(7)14-15-41)48-40(47-38)52-23-42-13-9-16-50(42)22-29(43)20-42/h10-11,18-19,21,25-27,29H,9,13-16,20,22-24H2,1-8H3,(H,47,48,49)/t29-,42+/m1/s1. The molecule has 0 unspecified atom stereocenters. The van der Waals surface area contributed by atoms with Crippen LogP contribution in [0.2, 0.25) is 16.6 Å². The molecule has 2 saturated heterocycles. The van der Waals surface area contributed by atoms with Crippen LogP contribution in [0.25, 0.3) is 32.9 Å². The number of alkyl halides is 1. The van der Waals surface area contributed by atoms with Gasteiger partial charge >= 0.3 is 6.01 Å². The fraction of sp³-hybridized carbons (Fsp3) is 0.548. The fourth-order valence-corrected chi connectivity index (χ4v) is 14.4. The lowest BCUT2D eigenvalue weighted by Crippen LogP contribution is -2.43. The summed E-state index contributed by atoms with van der Waals surface area (Å²) in [5.74, 6) is 2.94. The monoisotopic (exact) mass is 759 g/mol. The van der Waals surface area contributed by atoms with Crippen molar-refractivity contribution in [2.75, 3.05) is 38.9 Å². The van der Waals surface area contributed by atoms with Crippen molar-refractivity contribution in [1.29, 1.82) is 0 Å². The molecule has 2 atom stereocenters. The van der Waals surface area contributed by atoms with Crippen LogP contribution in [0.3, 0.4) is 0 Å². The van der Waals surface area contributed by atoms with Crippen molar-refractivity contribution in [2.24, 2.45) is 0 Å². The average molecular weight is 760 g/mol. The molecule has 54 heavy (non-hydrogen) atoms. The number of methoxy groups -OCH3 is 1. The number of nitrogens with one attached hydrogen (secondary N) is 1. The molecule has 2 aliphatic heterocycles. The Kier molecular flexibility index (Phi) is 10.4. The van der Waals surface area contributed by atoms with Gasteiger partial charge in [0.05, 0.1) is 16.5 Å². The van der Waals surface area contributed by atoms with Crippen LogP contribution in [0.1, 0.15) is 86.1 Å². The second-order valence-electron chi connectivity index (χ2n) is 16.8. The zero-order valence-corrected chi connectivity index (χ0v) is 33.7. The minimum Gasteiger partial charge on any atom is -0.468 e. The first-order valence-electron chi connectivity index (χ1n) is 19.3. The summed E-state index contributed by atoms with van der Waals surface area (Å²) in [4.78, 5) is 16.2. The summed E-state index contributed by atoms with van der Waals surface area (Å²) in [7, 11) is -0.754. The molecule has 1 aliphatic carbocycles. The minimum absolute atomic E-state index is 0.00539. The number of anilines is 1. The van der Waals surface area contributed by atoms with Crippen LogP contribution in [0.5, 0.6) is 11.8 Å². The highest BCUT2D eigenvalue weighted by molar-refractivity contribution is 6.90. The first-order valence-corrected chi connectivity index (χ1v) is 21.5. The van der Waals surface area contributed by atoms with E-state index in [0.717, 1.165) is 32.2 Å². The summed E-state index contributed by atoms with van der Waals surface area (Å²) < 4.78 is 65.3. The van der Waals surface area contributed by atoms with Gasteiger partial charge in [0.15, 0.2) is 12.6 Å².